The Balaban J connectivity index is 1.45. The number of pyridine rings is 1. The van der Waals surface area contributed by atoms with Gasteiger partial charge in [-0.3, -0.25) is 4.79 Å². The van der Waals surface area contributed by atoms with Crippen molar-refractivity contribution in [2.45, 2.75) is 6.92 Å². The Labute approximate surface area is 164 Å². The first-order valence-electron chi connectivity index (χ1n) is 9.31. The number of aromatic nitrogens is 3. The summed E-state index contributed by atoms with van der Waals surface area (Å²) in [4.78, 5) is 21.5. The smallest absolute Gasteiger partial charge is 0.274 e. The molecule has 7 heteroatoms. The molecule has 7 nitrogen and oxygen atoms in total. The number of anilines is 1. The van der Waals surface area contributed by atoms with Crippen LogP contribution in [0.2, 0.25) is 0 Å². The summed E-state index contributed by atoms with van der Waals surface area (Å²) in [7, 11) is 1.65. The highest BCUT2D eigenvalue weighted by atomic mass is 16.5. The van der Waals surface area contributed by atoms with Crippen molar-refractivity contribution < 1.29 is 9.53 Å². The lowest BCUT2D eigenvalue weighted by atomic mass is 10.2. The van der Waals surface area contributed by atoms with Gasteiger partial charge in [-0.1, -0.05) is 18.2 Å². The van der Waals surface area contributed by atoms with E-state index < -0.39 is 0 Å². The van der Waals surface area contributed by atoms with Gasteiger partial charge < -0.3 is 14.5 Å². The third kappa shape index (κ3) is 3.55. The minimum absolute atomic E-state index is 0.0227. The van der Waals surface area contributed by atoms with Crippen LogP contribution in [0.1, 0.15) is 16.1 Å². The normalized spacial score (nSPS) is 14.2. The number of methoxy groups -OCH3 is 1. The van der Waals surface area contributed by atoms with E-state index in [0.717, 1.165) is 35.9 Å². The molecule has 1 saturated heterocycles. The average Bonchev–Trinajstić information content (AvgIpc) is 3.15. The van der Waals surface area contributed by atoms with E-state index in [1.807, 2.05) is 60.5 Å². The van der Waals surface area contributed by atoms with Crippen LogP contribution in [0.25, 0.3) is 5.69 Å². The Morgan fingerprint density at radius 3 is 2.54 bits per heavy atom. The lowest BCUT2D eigenvalue weighted by molar-refractivity contribution is 0.0739. The highest BCUT2D eigenvalue weighted by molar-refractivity contribution is 5.93. The van der Waals surface area contributed by atoms with Crippen LogP contribution in [0.5, 0.6) is 5.75 Å². The summed E-state index contributed by atoms with van der Waals surface area (Å²) in [6, 6.07) is 13.6. The molecule has 1 aromatic carbocycles. The minimum atomic E-state index is -0.0227. The number of para-hydroxylation sites is 1. The molecule has 0 bridgehead atoms. The van der Waals surface area contributed by atoms with Gasteiger partial charge in [0.15, 0.2) is 5.69 Å². The maximum atomic E-state index is 13.0. The molecule has 144 valence electrons. The highest BCUT2D eigenvalue weighted by Crippen LogP contribution is 2.20. The number of hydrogen-bond donors (Lipinski definition) is 0. The molecule has 1 amide bonds. The molecule has 0 atom stereocenters. The second kappa shape index (κ2) is 7.72. The molecule has 0 spiro atoms. The molecule has 0 saturated carbocycles. The monoisotopic (exact) mass is 377 g/mol. The zero-order chi connectivity index (χ0) is 19.5. The van der Waals surface area contributed by atoms with Crippen molar-refractivity contribution in [2.24, 2.45) is 0 Å². The van der Waals surface area contributed by atoms with Crippen LogP contribution in [0.4, 0.5) is 5.82 Å². The molecule has 0 radical (unpaired) electrons. The molecule has 0 N–H and O–H groups in total. The second-order valence-corrected chi connectivity index (χ2v) is 6.77. The van der Waals surface area contributed by atoms with E-state index in [0.29, 0.717) is 18.8 Å². The third-order valence-electron chi connectivity index (χ3n) is 4.96. The minimum Gasteiger partial charge on any atom is -0.497 e. The van der Waals surface area contributed by atoms with Gasteiger partial charge in [0.2, 0.25) is 0 Å². The number of ether oxygens (including phenoxy) is 1. The van der Waals surface area contributed by atoms with Crippen molar-refractivity contribution in [3.63, 3.8) is 0 Å². The lowest BCUT2D eigenvalue weighted by Crippen LogP contribution is -2.49. The van der Waals surface area contributed by atoms with Gasteiger partial charge in [-0.25, -0.2) is 9.67 Å². The topological polar surface area (TPSA) is 63.5 Å². The zero-order valence-electron chi connectivity index (χ0n) is 16.1. The van der Waals surface area contributed by atoms with Crippen LogP contribution in [-0.2, 0) is 0 Å². The summed E-state index contributed by atoms with van der Waals surface area (Å²) in [5, 5.41) is 4.54. The van der Waals surface area contributed by atoms with Gasteiger partial charge in [0.25, 0.3) is 5.91 Å². The Hall–Kier alpha value is -3.35. The van der Waals surface area contributed by atoms with E-state index >= 15 is 0 Å². The largest absolute Gasteiger partial charge is 0.497 e. The molecule has 3 aromatic rings. The molecule has 1 aliphatic rings. The van der Waals surface area contributed by atoms with Crippen molar-refractivity contribution in [2.75, 3.05) is 38.2 Å². The van der Waals surface area contributed by atoms with Gasteiger partial charge in [0.05, 0.1) is 12.8 Å². The first-order valence-corrected chi connectivity index (χ1v) is 9.31. The van der Waals surface area contributed by atoms with Gasteiger partial charge in [-0.05, 0) is 25.1 Å². The predicted molar refractivity (Wildman–Crippen MR) is 107 cm³/mol. The summed E-state index contributed by atoms with van der Waals surface area (Å²) in [5.41, 5.74) is 2.33. The number of piperazine rings is 1. The van der Waals surface area contributed by atoms with Crippen LogP contribution in [0.15, 0.2) is 54.9 Å². The lowest BCUT2D eigenvalue weighted by Gasteiger charge is -2.35. The number of amides is 1. The van der Waals surface area contributed by atoms with Crippen LogP contribution >= 0.6 is 0 Å². The maximum absolute atomic E-state index is 13.0. The van der Waals surface area contributed by atoms with Gasteiger partial charge in [-0.2, -0.15) is 5.10 Å². The second-order valence-electron chi connectivity index (χ2n) is 6.77. The molecule has 1 aliphatic heterocycles. The fourth-order valence-corrected chi connectivity index (χ4v) is 3.37. The van der Waals surface area contributed by atoms with Gasteiger partial charge in [0.1, 0.15) is 11.6 Å². The van der Waals surface area contributed by atoms with Gasteiger partial charge in [-0.15, -0.1) is 0 Å². The molecule has 3 heterocycles. The molecular formula is C21H23N5O2. The SMILES string of the molecule is COc1ccnc(N2CCN(C(=O)c3nn(-c4ccccc4)cc3C)CC2)c1. The number of nitrogens with zero attached hydrogens (tertiary/aromatic N) is 5. The van der Waals surface area contributed by atoms with Crippen LogP contribution in [0, 0.1) is 6.92 Å². The van der Waals surface area contributed by atoms with E-state index in [2.05, 4.69) is 15.0 Å². The quantitative estimate of drug-likeness (QED) is 0.699. The number of hydrogen-bond acceptors (Lipinski definition) is 5. The molecule has 0 unspecified atom stereocenters. The maximum Gasteiger partial charge on any atom is 0.274 e. The molecular weight excluding hydrogens is 354 g/mol. The molecule has 0 aliphatic carbocycles. The van der Waals surface area contributed by atoms with Gasteiger partial charge in [0, 0.05) is 50.2 Å². The van der Waals surface area contributed by atoms with Crippen molar-refractivity contribution in [3.05, 3.63) is 66.1 Å². The molecule has 4 rings (SSSR count). The summed E-state index contributed by atoms with van der Waals surface area (Å²) in [5.74, 6) is 1.63. The third-order valence-corrected chi connectivity index (χ3v) is 4.96. The number of carbonyl (C=O) groups excluding carboxylic acids is 1. The first-order chi connectivity index (χ1) is 13.7. The first kappa shape index (κ1) is 18.0. The molecule has 28 heavy (non-hydrogen) atoms. The number of rotatable bonds is 4. The number of aryl methyl sites for hydroxylation is 1. The predicted octanol–water partition coefficient (Wildman–Crippen LogP) is 2.55. The van der Waals surface area contributed by atoms with E-state index in [-0.39, 0.29) is 5.91 Å². The number of carbonyl (C=O) groups is 1. The summed E-state index contributed by atoms with van der Waals surface area (Å²) in [6.45, 7) is 4.65. The van der Waals surface area contributed by atoms with E-state index in [9.17, 15) is 4.79 Å². The van der Waals surface area contributed by atoms with Gasteiger partial charge >= 0.3 is 0 Å². The Kier molecular flexibility index (Phi) is 4.97. The summed E-state index contributed by atoms with van der Waals surface area (Å²) >= 11 is 0. The Morgan fingerprint density at radius 1 is 1.07 bits per heavy atom. The van der Waals surface area contributed by atoms with E-state index in [1.54, 1.807) is 18.0 Å². The van der Waals surface area contributed by atoms with Crippen LogP contribution in [0.3, 0.4) is 0 Å². The zero-order valence-corrected chi connectivity index (χ0v) is 16.1. The van der Waals surface area contributed by atoms with Crippen molar-refractivity contribution in [1.29, 1.82) is 0 Å². The standard InChI is InChI=1S/C21H23N5O2/c1-16-15-26(17-6-4-3-5-7-17)23-20(16)21(27)25-12-10-24(11-13-25)19-14-18(28-2)8-9-22-19/h3-9,14-15H,10-13H2,1-2H3. The van der Waals surface area contributed by atoms with Crippen LogP contribution in [-0.4, -0.2) is 58.9 Å². The van der Waals surface area contributed by atoms with Crippen molar-refractivity contribution in [1.82, 2.24) is 19.7 Å². The van der Waals surface area contributed by atoms with E-state index in [1.165, 1.54) is 0 Å². The fourth-order valence-electron chi connectivity index (χ4n) is 3.37. The Morgan fingerprint density at radius 2 is 1.82 bits per heavy atom. The van der Waals surface area contributed by atoms with E-state index in [4.69, 9.17) is 4.74 Å². The van der Waals surface area contributed by atoms with Crippen LogP contribution < -0.4 is 9.64 Å². The fraction of sp³-hybridized carbons (Fsp3) is 0.286. The highest BCUT2D eigenvalue weighted by Gasteiger charge is 2.26. The molecule has 2 aromatic heterocycles. The average molecular weight is 377 g/mol. The number of benzene rings is 1. The van der Waals surface area contributed by atoms with Crippen molar-refractivity contribution >= 4 is 11.7 Å². The molecule has 1 fully saturated rings. The summed E-state index contributed by atoms with van der Waals surface area (Å²) in [6.07, 6.45) is 3.64. The van der Waals surface area contributed by atoms with Crippen molar-refractivity contribution in [3.8, 4) is 11.4 Å². The summed E-state index contributed by atoms with van der Waals surface area (Å²) < 4.78 is 7.04. The Bertz CT molecular complexity index is 962.